The molecule has 1 aromatic heterocycles. The van der Waals surface area contributed by atoms with Gasteiger partial charge in [0.2, 0.25) is 0 Å². The van der Waals surface area contributed by atoms with Crippen LogP contribution in [0.3, 0.4) is 0 Å². The van der Waals surface area contributed by atoms with Crippen molar-refractivity contribution in [2.24, 2.45) is 0 Å². The van der Waals surface area contributed by atoms with E-state index in [0.29, 0.717) is 0 Å². The zero-order chi connectivity index (χ0) is 19.0. The SMILES string of the molecule is CN(C)CCNCc1ccc(-c2n[nH]c3c2C(C)(C)c2ccccc2-3)cc1. The third-order valence-corrected chi connectivity index (χ3v) is 5.55. The Morgan fingerprint density at radius 2 is 1.78 bits per heavy atom. The summed E-state index contributed by atoms with van der Waals surface area (Å²) in [6.45, 7) is 7.52. The van der Waals surface area contributed by atoms with Crippen LogP contribution < -0.4 is 5.32 Å². The number of nitrogens with zero attached hydrogens (tertiary/aromatic N) is 2. The van der Waals surface area contributed by atoms with Crippen LogP contribution in [0.25, 0.3) is 22.5 Å². The highest BCUT2D eigenvalue weighted by Gasteiger charge is 2.39. The predicted octanol–water partition coefficient (Wildman–Crippen LogP) is 4.03. The predicted molar refractivity (Wildman–Crippen MR) is 112 cm³/mol. The molecule has 0 fully saturated rings. The molecule has 0 radical (unpaired) electrons. The molecule has 0 spiro atoms. The van der Waals surface area contributed by atoms with Crippen LogP contribution in [0.4, 0.5) is 0 Å². The summed E-state index contributed by atoms with van der Waals surface area (Å²) in [5, 5.41) is 11.5. The van der Waals surface area contributed by atoms with E-state index >= 15 is 0 Å². The van der Waals surface area contributed by atoms with Gasteiger partial charge >= 0.3 is 0 Å². The van der Waals surface area contributed by atoms with Crippen LogP contribution in [-0.2, 0) is 12.0 Å². The second kappa shape index (κ2) is 6.95. The Balaban J connectivity index is 1.57. The van der Waals surface area contributed by atoms with Crippen molar-refractivity contribution >= 4 is 0 Å². The molecule has 0 saturated carbocycles. The molecular formula is C23H28N4. The minimum absolute atomic E-state index is 0.0410. The van der Waals surface area contributed by atoms with E-state index in [4.69, 9.17) is 0 Å². The largest absolute Gasteiger partial charge is 0.311 e. The van der Waals surface area contributed by atoms with Gasteiger partial charge in [-0.3, -0.25) is 5.10 Å². The molecule has 4 rings (SSSR count). The van der Waals surface area contributed by atoms with Gasteiger partial charge in [0.25, 0.3) is 0 Å². The van der Waals surface area contributed by atoms with Crippen LogP contribution in [0.1, 0.15) is 30.5 Å². The van der Waals surface area contributed by atoms with Gasteiger partial charge in [-0.25, -0.2) is 0 Å². The number of aromatic nitrogens is 2. The van der Waals surface area contributed by atoms with Gasteiger partial charge in [-0.15, -0.1) is 0 Å². The molecule has 140 valence electrons. The molecule has 1 heterocycles. The number of rotatable bonds is 6. The zero-order valence-corrected chi connectivity index (χ0v) is 16.6. The minimum Gasteiger partial charge on any atom is -0.311 e. The highest BCUT2D eigenvalue weighted by molar-refractivity contribution is 5.84. The molecule has 0 aliphatic heterocycles. The molecule has 0 amide bonds. The zero-order valence-electron chi connectivity index (χ0n) is 16.6. The molecular weight excluding hydrogens is 332 g/mol. The van der Waals surface area contributed by atoms with Crippen molar-refractivity contribution < 1.29 is 0 Å². The van der Waals surface area contributed by atoms with Crippen LogP contribution in [-0.4, -0.2) is 42.3 Å². The van der Waals surface area contributed by atoms with Crippen molar-refractivity contribution in [3.05, 3.63) is 65.2 Å². The van der Waals surface area contributed by atoms with Crippen molar-refractivity contribution in [3.8, 4) is 22.5 Å². The lowest BCUT2D eigenvalue weighted by molar-refractivity contribution is 0.400. The summed E-state index contributed by atoms with van der Waals surface area (Å²) < 4.78 is 0. The van der Waals surface area contributed by atoms with Crippen molar-refractivity contribution in [2.45, 2.75) is 25.8 Å². The molecule has 4 nitrogen and oxygen atoms in total. The van der Waals surface area contributed by atoms with Crippen LogP contribution >= 0.6 is 0 Å². The van der Waals surface area contributed by atoms with Gasteiger partial charge in [0.1, 0.15) is 0 Å². The average molecular weight is 361 g/mol. The number of fused-ring (bicyclic) bond motifs is 3. The third kappa shape index (κ3) is 3.20. The lowest BCUT2D eigenvalue weighted by Gasteiger charge is -2.21. The molecule has 27 heavy (non-hydrogen) atoms. The second-order valence-corrected chi connectivity index (χ2v) is 8.17. The van der Waals surface area contributed by atoms with Gasteiger partial charge in [0.05, 0.1) is 11.4 Å². The molecule has 3 aromatic rings. The van der Waals surface area contributed by atoms with Gasteiger partial charge in [-0.05, 0) is 25.2 Å². The van der Waals surface area contributed by atoms with E-state index < -0.39 is 0 Å². The first kappa shape index (κ1) is 18.0. The maximum Gasteiger partial charge on any atom is 0.0968 e. The average Bonchev–Trinajstić information content (AvgIpc) is 3.19. The van der Waals surface area contributed by atoms with Gasteiger partial charge in [0, 0.05) is 41.7 Å². The quantitative estimate of drug-likeness (QED) is 0.652. The Morgan fingerprint density at radius 3 is 2.52 bits per heavy atom. The number of hydrogen-bond acceptors (Lipinski definition) is 3. The van der Waals surface area contributed by atoms with Gasteiger partial charge in [0.15, 0.2) is 0 Å². The number of benzene rings is 2. The van der Waals surface area contributed by atoms with E-state index in [2.05, 4.69) is 96.9 Å². The third-order valence-electron chi connectivity index (χ3n) is 5.55. The maximum atomic E-state index is 4.68. The van der Waals surface area contributed by atoms with Crippen molar-refractivity contribution in [2.75, 3.05) is 27.2 Å². The van der Waals surface area contributed by atoms with Crippen LogP contribution in [0, 0.1) is 0 Å². The van der Waals surface area contributed by atoms with Crippen LogP contribution in [0.2, 0.25) is 0 Å². The van der Waals surface area contributed by atoms with Crippen LogP contribution in [0.5, 0.6) is 0 Å². The lowest BCUT2D eigenvalue weighted by Crippen LogP contribution is -2.26. The summed E-state index contributed by atoms with van der Waals surface area (Å²) in [7, 11) is 4.19. The molecule has 2 N–H and O–H groups in total. The number of hydrogen-bond donors (Lipinski definition) is 2. The van der Waals surface area contributed by atoms with E-state index in [1.165, 1.54) is 33.5 Å². The van der Waals surface area contributed by atoms with E-state index in [1.54, 1.807) is 0 Å². The molecule has 1 aliphatic rings. The first-order valence-electron chi connectivity index (χ1n) is 9.62. The summed E-state index contributed by atoms with van der Waals surface area (Å²) >= 11 is 0. The molecule has 1 aliphatic carbocycles. The Labute approximate surface area is 161 Å². The first-order chi connectivity index (χ1) is 13.0. The molecule has 0 bridgehead atoms. The fourth-order valence-corrected chi connectivity index (χ4v) is 4.05. The summed E-state index contributed by atoms with van der Waals surface area (Å²) in [5.74, 6) is 0. The Kier molecular flexibility index (Phi) is 4.62. The molecule has 2 aromatic carbocycles. The van der Waals surface area contributed by atoms with Crippen molar-refractivity contribution in [3.63, 3.8) is 0 Å². The number of H-pyrrole nitrogens is 1. The standard InChI is InChI=1S/C23H28N4/c1-23(2)19-8-6-5-7-18(19)22-20(23)21(25-26-22)17-11-9-16(10-12-17)15-24-13-14-27(3)4/h5-12,24H,13-15H2,1-4H3,(H,25,26). The molecule has 4 heteroatoms. The van der Waals surface area contributed by atoms with Gasteiger partial charge in [-0.1, -0.05) is 62.4 Å². The van der Waals surface area contributed by atoms with Crippen molar-refractivity contribution in [1.82, 2.24) is 20.4 Å². The second-order valence-electron chi connectivity index (χ2n) is 8.17. The summed E-state index contributed by atoms with van der Waals surface area (Å²) in [6.07, 6.45) is 0. The normalized spacial score (nSPS) is 14.4. The lowest BCUT2D eigenvalue weighted by atomic mass is 9.81. The highest BCUT2D eigenvalue weighted by Crippen LogP contribution is 2.50. The summed E-state index contributed by atoms with van der Waals surface area (Å²) in [4.78, 5) is 2.19. The topological polar surface area (TPSA) is 44.0 Å². The highest BCUT2D eigenvalue weighted by atomic mass is 15.1. The van der Waals surface area contributed by atoms with Gasteiger partial charge in [-0.2, -0.15) is 5.10 Å². The fraction of sp³-hybridized carbons (Fsp3) is 0.348. The molecule has 0 unspecified atom stereocenters. The minimum atomic E-state index is -0.0410. The van der Waals surface area contributed by atoms with E-state index in [-0.39, 0.29) is 5.41 Å². The van der Waals surface area contributed by atoms with E-state index in [0.717, 1.165) is 25.3 Å². The molecule has 0 atom stereocenters. The summed E-state index contributed by atoms with van der Waals surface area (Å²) in [5.41, 5.74) is 8.62. The number of likely N-dealkylation sites (N-methyl/N-ethyl adjacent to an activating group) is 1. The fourth-order valence-electron chi connectivity index (χ4n) is 4.05. The van der Waals surface area contributed by atoms with Crippen LogP contribution in [0.15, 0.2) is 48.5 Å². The summed E-state index contributed by atoms with van der Waals surface area (Å²) in [6, 6.07) is 17.4. The smallest absolute Gasteiger partial charge is 0.0968 e. The van der Waals surface area contributed by atoms with E-state index in [1.807, 2.05) is 0 Å². The number of aromatic amines is 1. The number of nitrogens with one attached hydrogen (secondary N) is 2. The Hall–Kier alpha value is -2.43. The maximum absolute atomic E-state index is 4.68. The van der Waals surface area contributed by atoms with Gasteiger partial charge < -0.3 is 10.2 Å². The van der Waals surface area contributed by atoms with Crippen molar-refractivity contribution in [1.29, 1.82) is 0 Å². The Bertz CT molecular complexity index is 935. The monoisotopic (exact) mass is 360 g/mol. The molecule has 0 saturated heterocycles. The Morgan fingerprint density at radius 1 is 1.04 bits per heavy atom. The van der Waals surface area contributed by atoms with E-state index in [9.17, 15) is 0 Å². The first-order valence-corrected chi connectivity index (χ1v) is 9.62.